The Morgan fingerprint density at radius 1 is 0.442 bits per heavy atom. The SMILES string of the molecule is CC[C@H](C)[C@H](NC(=O)[C@H](CCCCN)NC(=O)[C@H](CC(N)=O)NC(=O)[C@H](C)NC(C)=O)C(=O)N[C@@H](CO)C(=O)N[C@@H](Cc1ccc(O)cc1)C(=O)N[C@@H](CCC(N)=O)C(=O)N[C@@H](CO)C(=O)N[C@@H](CO)C(=O)N[C@@H](CO)C(=O)N[C@H](C(=O)N[C@@H](CCC(=O)O)C(N)=O)[C@@H](C)O. The quantitative estimate of drug-likeness (QED) is 0.0270. The highest BCUT2D eigenvalue weighted by Gasteiger charge is 2.38. The third-order valence-electron chi connectivity index (χ3n) is 14.2. The van der Waals surface area contributed by atoms with Gasteiger partial charge in [-0.15, -0.1) is 0 Å². The monoisotopic (exact) mass is 1350 g/mol. The summed E-state index contributed by atoms with van der Waals surface area (Å²) in [5, 5.41) is 96.8. The van der Waals surface area contributed by atoms with E-state index in [9.17, 15) is 107 Å². The van der Waals surface area contributed by atoms with Crippen molar-refractivity contribution >= 4 is 94.6 Å². The number of rotatable bonds is 45. The number of unbranched alkanes of at least 4 members (excludes halogenated alkanes) is 1. The predicted octanol–water partition coefficient (Wildman–Crippen LogP) is -11.2. The number of hydrogen-bond acceptors (Lipinski definition) is 23. The van der Waals surface area contributed by atoms with E-state index >= 15 is 0 Å². The first-order valence-electron chi connectivity index (χ1n) is 29.9. The number of amides is 15. The molecular formula is C56H90N16O23. The zero-order valence-corrected chi connectivity index (χ0v) is 53.0. The molecule has 14 atom stereocenters. The van der Waals surface area contributed by atoms with Crippen molar-refractivity contribution in [2.75, 3.05) is 33.0 Å². The maximum absolute atomic E-state index is 14.3. The third kappa shape index (κ3) is 30.3. The van der Waals surface area contributed by atoms with Crippen LogP contribution in [-0.4, -0.2) is 242 Å². The Bertz CT molecular complexity index is 2850. The van der Waals surface area contributed by atoms with Crippen LogP contribution < -0.4 is 86.7 Å². The predicted molar refractivity (Wildman–Crippen MR) is 327 cm³/mol. The highest BCUT2D eigenvalue weighted by molar-refractivity contribution is 6.00. The molecule has 0 saturated heterocycles. The van der Waals surface area contributed by atoms with E-state index in [2.05, 4.69) is 47.9 Å². The van der Waals surface area contributed by atoms with Gasteiger partial charge in [0.2, 0.25) is 88.6 Å². The molecule has 0 fully saturated rings. The van der Waals surface area contributed by atoms with Crippen LogP contribution in [0.15, 0.2) is 24.3 Å². The number of carboxylic acids is 1. The van der Waals surface area contributed by atoms with Gasteiger partial charge in [-0.1, -0.05) is 32.4 Å². The minimum Gasteiger partial charge on any atom is -0.508 e. The second-order valence-corrected chi connectivity index (χ2v) is 22.0. The van der Waals surface area contributed by atoms with Gasteiger partial charge in [0.1, 0.15) is 78.3 Å². The Kier molecular flexibility index (Phi) is 37.3. The first-order chi connectivity index (χ1) is 44.6. The molecule has 532 valence electrons. The smallest absolute Gasteiger partial charge is 0.303 e. The second kappa shape index (κ2) is 42.5. The van der Waals surface area contributed by atoms with E-state index in [1.165, 1.54) is 38.1 Å². The Morgan fingerprint density at radius 3 is 1.25 bits per heavy atom. The van der Waals surface area contributed by atoms with E-state index in [0.29, 0.717) is 6.42 Å². The maximum Gasteiger partial charge on any atom is 0.303 e. The number of hydrogen-bond donors (Lipinski definition) is 23. The zero-order chi connectivity index (χ0) is 72.4. The van der Waals surface area contributed by atoms with Crippen LogP contribution in [-0.2, 0) is 83.1 Å². The molecule has 0 aliphatic rings. The number of aliphatic hydroxyl groups excluding tert-OH is 5. The lowest BCUT2D eigenvalue weighted by molar-refractivity contribution is -0.139. The lowest BCUT2D eigenvalue weighted by atomic mass is 9.97. The number of phenolic OH excluding ortho intramolecular Hbond substituents is 1. The number of nitrogens with two attached hydrogens (primary N) is 4. The molecule has 0 aliphatic heterocycles. The first-order valence-corrected chi connectivity index (χ1v) is 29.9. The van der Waals surface area contributed by atoms with Crippen molar-refractivity contribution in [1.82, 2.24) is 63.8 Å². The molecule has 0 heterocycles. The minimum atomic E-state index is -2.06. The lowest BCUT2D eigenvalue weighted by Crippen LogP contribution is -2.63. The molecule has 0 aliphatic carbocycles. The number of carboxylic acid groups (broad SMARTS) is 1. The van der Waals surface area contributed by atoms with Crippen molar-refractivity contribution in [2.24, 2.45) is 28.9 Å². The average molecular weight is 1360 g/mol. The van der Waals surface area contributed by atoms with Crippen molar-refractivity contribution in [3.8, 4) is 5.75 Å². The molecule has 0 saturated carbocycles. The van der Waals surface area contributed by atoms with E-state index in [-0.39, 0.29) is 37.1 Å². The summed E-state index contributed by atoms with van der Waals surface area (Å²) in [5.74, 6) is -19.3. The molecule has 39 heteroatoms. The molecular weight excluding hydrogens is 1260 g/mol. The van der Waals surface area contributed by atoms with Gasteiger partial charge in [0.15, 0.2) is 0 Å². The normalized spacial score (nSPS) is 15.4. The summed E-state index contributed by atoms with van der Waals surface area (Å²) >= 11 is 0. The van der Waals surface area contributed by atoms with Gasteiger partial charge in [0.25, 0.3) is 0 Å². The number of primary amides is 3. The lowest BCUT2D eigenvalue weighted by Gasteiger charge is -2.29. The highest BCUT2D eigenvalue weighted by atomic mass is 16.4. The summed E-state index contributed by atoms with van der Waals surface area (Å²) in [6.07, 6.45) is -4.65. The van der Waals surface area contributed by atoms with Crippen LogP contribution in [0.5, 0.6) is 5.75 Å². The summed E-state index contributed by atoms with van der Waals surface area (Å²) in [6.45, 7) is 1.87. The molecule has 1 aromatic rings. The van der Waals surface area contributed by atoms with Gasteiger partial charge in [-0.05, 0) is 76.1 Å². The van der Waals surface area contributed by atoms with Crippen molar-refractivity contribution in [3.63, 3.8) is 0 Å². The van der Waals surface area contributed by atoms with Crippen molar-refractivity contribution < 1.29 is 112 Å². The molecule has 1 rings (SSSR count). The molecule has 1 aromatic carbocycles. The van der Waals surface area contributed by atoms with Crippen LogP contribution in [0, 0.1) is 5.92 Å². The summed E-state index contributed by atoms with van der Waals surface area (Å²) in [7, 11) is 0. The van der Waals surface area contributed by atoms with Crippen LogP contribution in [0.1, 0.15) is 98.0 Å². The molecule has 0 bridgehead atoms. The first kappa shape index (κ1) is 83.3. The number of aromatic hydroxyl groups is 1. The molecule has 39 nitrogen and oxygen atoms in total. The number of nitrogens with one attached hydrogen (secondary N) is 12. The van der Waals surface area contributed by atoms with Crippen LogP contribution >= 0.6 is 0 Å². The van der Waals surface area contributed by atoms with Crippen molar-refractivity contribution in [1.29, 1.82) is 0 Å². The van der Waals surface area contributed by atoms with E-state index in [4.69, 9.17) is 28.0 Å². The number of benzene rings is 1. The minimum absolute atomic E-state index is 0.102. The summed E-state index contributed by atoms with van der Waals surface area (Å²) in [4.78, 5) is 209. The van der Waals surface area contributed by atoms with Gasteiger partial charge in [-0.3, -0.25) is 76.7 Å². The fourth-order valence-electron chi connectivity index (χ4n) is 8.57. The highest BCUT2D eigenvalue weighted by Crippen LogP contribution is 2.15. The van der Waals surface area contributed by atoms with Crippen LogP contribution in [0.25, 0.3) is 0 Å². The van der Waals surface area contributed by atoms with Gasteiger partial charge < -0.3 is 122 Å². The van der Waals surface area contributed by atoms with E-state index in [1.807, 2.05) is 16.0 Å². The van der Waals surface area contributed by atoms with Gasteiger partial charge in [0, 0.05) is 26.2 Å². The van der Waals surface area contributed by atoms with E-state index < -0.39 is 244 Å². The number of aliphatic hydroxyl groups is 5. The Balaban J connectivity index is 3.51. The third-order valence-corrected chi connectivity index (χ3v) is 14.2. The van der Waals surface area contributed by atoms with Crippen LogP contribution in [0.2, 0.25) is 0 Å². The standard InChI is InChI=1S/C56H90N16O23/c1-6-25(2)43(71-48(87)32(9-7-8-18-57)63-50(89)35(20-41(59)81)65-46(85)26(3)61-28(5)78)55(94)70-38(23-75)51(90)66-34(19-29-10-12-30(79)13-11-29)49(88)64-33(14-16-40(58)80)47(86)67-36(21-73)52(91)68-37(22-74)53(92)69-39(24-76)54(93)72-44(27(4)77)56(95)62-31(45(60)84)15-17-42(82)83/h10-13,25-27,31-39,43-44,73-77,79H,6-9,14-24,57H2,1-5H3,(H2,58,80)(H2,59,81)(H2,60,84)(H,61,78)(H,62,95)(H,63,89)(H,64,88)(H,65,85)(H,66,90)(H,67,86)(H,68,91)(H,69,92)(H,70,94)(H,71,87)(H,72,93)(H,82,83)/t25-,26-,27+,31-,32-,33-,34-,35-,36-,37-,38-,39-,43-,44-/m0/s1. The Morgan fingerprint density at radius 2 is 0.821 bits per heavy atom. The summed E-state index contributed by atoms with van der Waals surface area (Å²) in [5.41, 5.74) is 21.9. The molecule has 0 unspecified atom stereocenters. The van der Waals surface area contributed by atoms with Crippen LogP contribution in [0.3, 0.4) is 0 Å². The number of carbonyl (C=O) groups is 16. The van der Waals surface area contributed by atoms with Crippen molar-refractivity contribution in [3.05, 3.63) is 29.8 Å². The fourth-order valence-corrected chi connectivity index (χ4v) is 8.57. The number of carbonyl (C=O) groups excluding carboxylic acids is 15. The Labute approximate surface area is 544 Å². The molecule has 0 spiro atoms. The zero-order valence-electron chi connectivity index (χ0n) is 53.0. The molecule has 0 aromatic heterocycles. The van der Waals surface area contributed by atoms with Crippen molar-refractivity contribution in [2.45, 2.75) is 177 Å². The summed E-state index contributed by atoms with van der Waals surface area (Å²) in [6, 6.07) is -15.9. The average Bonchev–Trinajstić information content (AvgIpc) is 0.982. The van der Waals surface area contributed by atoms with Gasteiger partial charge >= 0.3 is 5.97 Å². The van der Waals surface area contributed by atoms with E-state index in [1.54, 1.807) is 6.92 Å². The maximum atomic E-state index is 14.3. The molecule has 27 N–H and O–H groups in total. The van der Waals surface area contributed by atoms with Gasteiger partial charge in [-0.2, -0.15) is 0 Å². The van der Waals surface area contributed by atoms with Crippen LogP contribution in [0.4, 0.5) is 0 Å². The number of phenols is 1. The van der Waals surface area contributed by atoms with Gasteiger partial charge in [0.05, 0.1) is 39.0 Å². The molecule has 0 radical (unpaired) electrons. The molecule has 15 amide bonds. The molecule has 95 heavy (non-hydrogen) atoms. The topological polar surface area (TPSA) is 663 Å². The van der Waals surface area contributed by atoms with E-state index in [0.717, 1.165) is 13.8 Å². The largest absolute Gasteiger partial charge is 0.508 e. The fraction of sp³-hybridized carbons (Fsp3) is 0.607. The Hall–Kier alpha value is -9.70. The number of aliphatic carboxylic acids is 1. The summed E-state index contributed by atoms with van der Waals surface area (Å²) < 4.78 is 0. The van der Waals surface area contributed by atoms with Gasteiger partial charge in [-0.25, -0.2) is 0 Å². The second-order valence-electron chi connectivity index (χ2n) is 22.0.